The summed E-state index contributed by atoms with van der Waals surface area (Å²) >= 11 is 0. The van der Waals surface area contributed by atoms with Gasteiger partial charge in [-0.3, -0.25) is 48.2 Å². The van der Waals surface area contributed by atoms with Crippen molar-refractivity contribution in [3.63, 3.8) is 0 Å². The molecule has 6 aromatic carbocycles. The number of hydrogen-bond acceptors (Lipinski definition) is 30. The summed E-state index contributed by atoms with van der Waals surface area (Å²) in [7, 11) is 5.47. The summed E-state index contributed by atoms with van der Waals surface area (Å²) in [6.07, 6.45) is 0.552. The van der Waals surface area contributed by atoms with Crippen molar-refractivity contribution in [2.75, 3.05) is 93.9 Å². The fourth-order valence-corrected chi connectivity index (χ4v) is 24.7. The Labute approximate surface area is 643 Å². The van der Waals surface area contributed by atoms with Crippen LogP contribution in [0, 0.1) is 39.0 Å². The van der Waals surface area contributed by atoms with Crippen molar-refractivity contribution < 1.29 is 110 Å². The number of esters is 4. The molecule has 0 amide bonds. The zero-order chi connectivity index (χ0) is 78.4. The zero-order valence-electron chi connectivity index (χ0n) is 63.0. The molecule has 14 heterocycles. The maximum atomic E-state index is 16.0. The number of rotatable bonds is 6. The summed E-state index contributed by atoms with van der Waals surface area (Å²) in [6, 6.07) is 6.26. The van der Waals surface area contributed by atoms with E-state index in [4.69, 9.17) is 56.8 Å². The molecule has 8 bridgehead atoms. The number of benzene rings is 6. The van der Waals surface area contributed by atoms with Crippen LogP contribution in [-0.4, -0.2) is 208 Å². The highest BCUT2D eigenvalue weighted by molar-refractivity contribution is 7.85. The number of piperazine rings is 2. The molecule has 16 atom stereocenters. The summed E-state index contributed by atoms with van der Waals surface area (Å²) in [6.45, 7) is 9.56. The zero-order valence-corrected chi connectivity index (χ0v) is 64.6. The molecule has 4 unspecified atom stereocenters. The topological polar surface area (TPSA) is 375 Å². The second-order valence-corrected chi connectivity index (χ2v) is 33.6. The number of phenolic OH excluding ortho intramolecular Hbond substituents is 4. The molecule has 111 heavy (non-hydrogen) atoms. The van der Waals surface area contributed by atoms with Gasteiger partial charge in [0.05, 0.1) is 98.8 Å². The van der Waals surface area contributed by atoms with Gasteiger partial charge in [0.15, 0.2) is 80.1 Å². The van der Waals surface area contributed by atoms with Crippen LogP contribution in [0.3, 0.4) is 0 Å². The average Bonchev–Trinajstić information content (AvgIpc) is 1.45. The van der Waals surface area contributed by atoms with Gasteiger partial charge in [-0.15, -0.1) is 0 Å². The van der Waals surface area contributed by atoms with Gasteiger partial charge in [-0.2, -0.15) is 5.26 Å². The largest absolute Gasteiger partial charge is 0.504 e. The number of fused-ring (bicyclic) bond motifs is 18. The van der Waals surface area contributed by atoms with Crippen LogP contribution in [0.1, 0.15) is 138 Å². The number of likely N-dealkylation sites (N-methyl/N-ethyl adjacent to an activating group) is 2. The van der Waals surface area contributed by atoms with E-state index in [0.29, 0.717) is 140 Å². The number of aryl methyl sites for hydroxylation is 2. The average molecular weight is 1560 g/mol. The lowest BCUT2D eigenvalue weighted by Gasteiger charge is -2.62. The Morgan fingerprint density at radius 2 is 0.964 bits per heavy atom. The van der Waals surface area contributed by atoms with Crippen LogP contribution >= 0.6 is 0 Å². The van der Waals surface area contributed by atoms with Crippen LogP contribution in [0.5, 0.6) is 80.5 Å². The van der Waals surface area contributed by atoms with E-state index in [2.05, 4.69) is 21.6 Å². The third-order valence-corrected chi connectivity index (χ3v) is 28.6. The van der Waals surface area contributed by atoms with Gasteiger partial charge in [0, 0.05) is 99.1 Å². The van der Waals surface area contributed by atoms with Crippen LogP contribution in [0.2, 0.25) is 0 Å². The van der Waals surface area contributed by atoms with E-state index >= 15 is 8.42 Å². The van der Waals surface area contributed by atoms with E-state index in [-0.39, 0.29) is 90.3 Å². The van der Waals surface area contributed by atoms with Crippen molar-refractivity contribution in [1.82, 2.24) is 30.2 Å². The summed E-state index contributed by atoms with van der Waals surface area (Å²) in [5.74, 6) is -0.961. The third-order valence-electron chi connectivity index (χ3n) is 25.0. The minimum Gasteiger partial charge on any atom is -0.504 e. The van der Waals surface area contributed by atoms with Gasteiger partial charge < -0.3 is 82.4 Å². The molecule has 0 saturated carbocycles. The lowest BCUT2D eigenvalue weighted by Crippen LogP contribution is -2.70. The van der Waals surface area contributed by atoms with Gasteiger partial charge >= 0.3 is 23.9 Å². The Bertz CT molecular complexity index is 5150. The predicted molar refractivity (Wildman–Crippen MR) is 394 cm³/mol. The van der Waals surface area contributed by atoms with E-state index < -0.39 is 122 Å². The second kappa shape index (κ2) is 27.0. The summed E-state index contributed by atoms with van der Waals surface area (Å²) in [5, 5.41) is 73.8. The fourth-order valence-electron chi connectivity index (χ4n) is 20.6. The van der Waals surface area contributed by atoms with Gasteiger partial charge in [-0.05, 0) is 136 Å². The van der Waals surface area contributed by atoms with Crippen molar-refractivity contribution in [2.24, 2.45) is 0 Å². The molecule has 32 heteroatoms. The number of methoxy groups -OCH3 is 4. The minimum absolute atomic E-state index is 0.0492. The Balaban J connectivity index is 0.000000161. The number of aliphatic hydroxyl groups excluding tert-OH is 1. The van der Waals surface area contributed by atoms with E-state index in [0.717, 1.165) is 22.3 Å². The first-order valence-electron chi connectivity index (χ1n) is 36.7. The molecule has 30 nitrogen and oxygen atoms in total. The molecule has 0 aromatic heterocycles. The maximum absolute atomic E-state index is 16.0. The number of carbonyl (C=O) groups is 4. The van der Waals surface area contributed by atoms with Crippen LogP contribution < -0.4 is 58.0 Å². The number of aliphatic hydroxyl groups is 1. The molecule has 7 N–H and O–H groups in total. The van der Waals surface area contributed by atoms with Gasteiger partial charge in [0.2, 0.25) is 13.6 Å². The van der Waals surface area contributed by atoms with Crippen LogP contribution in [-0.2, 0) is 87.0 Å². The Hall–Kier alpha value is -9.69. The molecule has 14 aliphatic rings. The lowest BCUT2D eigenvalue weighted by atomic mass is 9.71. The number of hydrogen-bond donors (Lipinski definition) is 7. The van der Waals surface area contributed by atoms with Crippen molar-refractivity contribution >= 4 is 45.5 Å². The third kappa shape index (κ3) is 10.6. The molecule has 6 aromatic rings. The van der Waals surface area contributed by atoms with Crippen molar-refractivity contribution in [1.29, 1.82) is 5.26 Å². The Kier molecular flexibility index (Phi) is 18.0. The number of carbonyl (C=O) groups excluding carboxylic acids is 4. The van der Waals surface area contributed by atoms with E-state index in [1.54, 1.807) is 38.1 Å². The molecule has 14 aliphatic heterocycles. The number of phenols is 4. The van der Waals surface area contributed by atoms with Crippen LogP contribution in [0.25, 0.3) is 0 Å². The van der Waals surface area contributed by atoms with E-state index in [1.165, 1.54) is 42.3 Å². The molecule has 20 rings (SSSR count). The number of nitrogens with zero attached hydrogens (tertiary/aromatic N) is 5. The van der Waals surface area contributed by atoms with Gasteiger partial charge in [0.1, 0.15) is 37.0 Å². The molecular formula is C79H85N7O23S2. The smallest absolute Gasteiger partial charge is 0.332 e. The highest BCUT2D eigenvalue weighted by Crippen LogP contribution is 2.66. The van der Waals surface area contributed by atoms with Crippen molar-refractivity contribution in [3.8, 4) is 86.6 Å². The number of nitriles is 1. The highest BCUT2D eigenvalue weighted by Gasteiger charge is 2.66. The van der Waals surface area contributed by atoms with E-state index in [9.17, 15) is 50.0 Å². The fraction of sp³-hybridized carbons (Fsp3) is 0.481. The first-order valence-corrected chi connectivity index (χ1v) is 39.5. The Morgan fingerprint density at radius 3 is 1.39 bits per heavy atom. The predicted octanol–water partition coefficient (Wildman–Crippen LogP) is 5.43. The standard InChI is InChI=1S/C40H42N4O11S.C39H43N3O12S/c1-17-9-21-10-23-24(13-41)44-25-14-52-39(48)40(22-12-27(50-5)26(46)11-20(22)7-8-42-40)15-56(49)38(32(44)31(43(23)4)28(21)33(47)34(17)51-6)30-29(25)37-36(53-16-54-37)18(2)35(30)55-19(3)45;1-16-9-20-10-22-37(46)42-23-13-51-38(47)39(21-12-25(49-5)24(44)11-19(21)7-8-40-39)14-55(48)36(30(42)29(41(22)4)26(20)31(45)32(16)50-6)28-27(23)35-34(52-15-53-35)17(2)33(28)54-18(3)43/h9,11-12,23-25,31-32,38,42,46-47H,7-8,10,14-16H2,1-6H3;9,11-12,22-23,29-30,36-37,40,44-46H,7-8,10,13-15H2,1-6H3/t23-,24-,25-,31+,32?,38+,40+,56?;22-,23-,29+,30?,36+,37-,39+,55?/m00/s1. The first-order chi connectivity index (χ1) is 53.2. The number of aromatic hydroxyl groups is 4. The lowest BCUT2D eigenvalue weighted by molar-refractivity contribution is -0.186. The monoisotopic (exact) mass is 1560 g/mol. The van der Waals surface area contributed by atoms with Crippen LogP contribution in [0.15, 0.2) is 36.4 Å². The molecule has 4 saturated heterocycles. The van der Waals surface area contributed by atoms with E-state index in [1.807, 2.05) is 54.8 Å². The Morgan fingerprint density at radius 1 is 0.550 bits per heavy atom. The maximum Gasteiger partial charge on any atom is 0.332 e. The molecular weight excluding hydrogens is 1480 g/mol. The van der Waals surface area contributed by atoms with Gasteiger partial charge in [-0.25, -0.2) is 9.59 Å². The molecule has 0 radical (unpaired) electrons. The SMILES string of the molecule is COc1cc2c(cc1O)CCN[C@]21CS(=O)[C@@H]2c3c(OC(C)=O)c(C)c4c(c3[C@H](COC1=O)N1C2[C@H]2c3c(cc(C)c(OC)c3O)C[C@@H]([C@@H]1C#N)N2C)OCO4.COc1cc2c(cc1O)CCN[C@]21CS(=O)[C@@H]2c3c(OC(C)=O)c(C)c4c(c3[C@H](COC1=O)N1C2[C@H]2c3c(cc(C)c(OC)c3O)C[C@@H]([C@@H]1O)N2C)OCO4. The quantitative estimate of drug-likeness (QED) is 0.0807. The first kappa shape index (κ1) is 74.1. The molecule has 586 valence electrons. The highest BCUT2D eigenvalue weighted by atomic mass is 32.2. The normalized spacial score (nSPS) is 30.2. The summed E-state index contributed by atoms with van der Waals surface area (Å²) in [4.78, 5) is 63.2. The second-order valence-electron chi connectivity index (χ2n) is 30.4. The summed E-state index contributed by atoms with van der Waals surface area (Å²) < 4.78 is 103. The van der Waals surface area contributed by atoms with Crippen molar-refractivity contribution in [2.45, 2.75) is 149 Å². The van der Waals surface area contributed by atoms with Crippen molar-refractivity contribution in [3.05, 3.63) is 125 Å². The molecule has 0 aliphatic carbocycles. The van der Waals surface area contributed by atoms with Crippen LogP contribution in [0.4, 0.5) is 0 Å². The number of nitrogens with one attached hydrogen (secondary N) is 2. The van der Waals surface area contributed by atoms with Gasteiger partial charge in [-0.1, -0.05) is 12.1 Å². The summed E-state index contributed by atoms with van der Waals surface area (Å²) in [5.41, 5.74) is 5.92. The molecule has 2 spiro atoms. The minimum atomic E-state index is -2.06. The van der Waals surface area contributed by atoms with Gasteiger partial charge in [0.25, 0.3) is 0 Å². The molecule has 4 fully saturated rings. The number of ether oxygens (including phenoxy) is 12.